The van der Waals surface area contributed by atoms with Crippen LogP contribution in [0.1, 0.15) is 29.6 Å². The molecule has 24 heavy (non-hydrogen) atoms. The molecule has 0 bridgehead atoms. The maximum Gasteiger partial charge on any atom is 0.345 e. The zero-order valence-corrected chi connectivity index (χ0v) is 13.7. The molecule has 4 rings (SSSR count). The second-order valence-corrected chi connectivity index (χ2v) is 6.25. The van der Waals surface area contributed by atoms with E-state index in [0.29, 0.717) is 6.54 Å². The number of aryl methyl sites for hydroxylation is 4. The minimum atomic E-state index is -0.0509. The lowest BCUT2D eigenvalue weighted by Gasteiger charge is -2.22. The molecule has 0 unspecified atom stereocenters. The van der Waals surface area contributed by atoms with E-state index in [4.69, 9.17) is 0 Å². The van der Waals surface area contributed by atoms with Crippen molar-refractivity contribution in [2.75, 3.05) is 0 Å². The Morgan fingerprint density at radius 3 is 2.92 bits per heavy atom. The molecular weight excluding hydrogens is 304 g/mol. The molecule has 1 aliphatic heterocycles. The zero-order valence-electron chi connectivity index (χ0n) is 13.7. The predicted octanol–water partition coefficient (Wildman–Crippen LogP) is 1.15. The first-order valence-electron chi connectivity index (χ1n) is 8.26. The van der Waals surface area contributed by atoms with Gasteiger partial charge in [0.15, 0.2) is 0 Å². The molecule has 7 heteroatoms. The lowest BCUT2D eigenvalue weighted by Crippen LogP contribution is -2.30. The Hall–Kier alpha value is -2.70. The van der Waals surface area contributed by atoms with Crippen LogP contribution in [0.25, 0.3) is 0 Å². The Kier molecular flexibility index (Phi) is 3.76. The van der Waals surface area contributed by atoms with E-state index in [2.05, 4.69) is 39.4 Å². The molecule has 0 radical (unpaired) electrons. The molecular formula is C17H20N6O. The van der Waals surface area contributed by atoms with Gasteiger partial charge in [0.1, 0.15) is 18.0 Å². The molecule has 2 aromatic heterocycles. The predicted molar refractivity (Wildman–Crippen MR) is 88.7 cm³/mol. The van der Waals surface area contributed by atoms with Crippen LogP contribution in [0.5, 0.6) is 0 Å². The van der Waals surface area contributed by atoms with Crippen molar-refractivity contribution in [3.05, 3.63) is 64.4 Å². The topological polar surface area (TPSA) is 70.5 Å². The van der Waals surface area contributed by atoms with Gasteiger partial charge in [-0.25, -0.2) is 19.1 Å². The van der Waals surface area contributed by atoms with Crippen molar-refractivity contribution >= 4 is 0 Å². The van der Waals surface area contributed by atoms with Gasteiger partial charge in [0.2, 0.25) is 0 Å². The van der Waals surface area contributed by atoms with Crippen molar-refractivity contribution in [3.8, 4) is 0 Å². The van der Waals surface area contributed by atoms with E-state index in [-0.39, 0.29) is 11.6 Å². The second-order valence-electron chi connectivity index (χ2n) is 6.25. The lowest BCUT2D eigenvalue weighted by molar-refractivity contribution is 0.410. The lowest BCUT2D eigenvalue weighted by atomic mass is 9.98. The molecule has 1 aromatic carbocycles. The van der Waals surface area contributed by atoms with E-state index < -0.39 is 0 Å². The van der Waals surface area contributed by atoms with Crippen molar-refractivity contribution in [2.45, 2.75) is 38.3 Å². The summed E-state index contributed by atoms with van der Waals surface area (Å²) in [4.78, 5) is 16.6. The van der Waals surface area contributed by atoms with Gasteiger partial charge in [0, 0.05) is 32.5 Å². The maximum absolute atomic E-state index is 12.1. The van der Waals surface area contributed by atoms with Gasteiger partial charge in [0.05, 0.1) is 0 Å². The third-order valence-corrected chi connectivity index (χ3v) is 4.67. The van der Waals surface area contributed by atoms with Crippen molar-refractivity contribution in [1.29, 1.82) is 0 Å². The Labute approximate surface area is 139 Å². The Morgan fingerprint density at radius 1 is 1.25 bits per heavy atom. The highest BCUT2D eigenvalue weighted by atomic mass is 16.2. The number of nitrogens with zero attached hydrogens (tertiary/aromatic N) is 6. The quantitative estimate of drug-likeness (QED) is 0.722. The average molecular weight is 324 g/mol. The summed E-state index contributed by atoms with van der Waals surface area (Å²) < 4.78 is 5.16. The largest absolute Gasteiger partial charge is 0.345 e. The van der Waals surface area contributed by atoms with Gasteiger partial charge in [0.25, 0.3) is 0 Å². The summed E-state index contributed by atoms with van der Waals surface area (Å²) in [5, 5.41) is 8.68. The van der Waals surface area contributed by atoms with Crippen LogP contribution in [0.15, 0.2) is 41.5 Å². The van der Waals surface area contributed by atoms with Gasteiger partial charge in [-0.1, -0.05) is 30.3 Å². The molecule has 0 amide bonds. The molecule has 1 atom stereocenters. The van der Waals surface area contributed by atoms with Crippen molar-refractivity contribution in [2.24, 2.45) is 7.05 Å². The fourth-order valence-corrected chi connectivity index (χ4v) is 3.39. The molecule has 0 saturated heterocycles. The normalized spacial score (nSPS) is 17.0. The van der Waals surface area contributed by atoms with E-state index in [0.717, 1.165) is 37.5 Å². The van der Waals surface area contributed by atoms with Crippen molar-refractivity contribution in [1.82, 2.24) is 29.1 Å². The molecule has 0 saturated carbocycles. The standard InChI is InChI=1S/C17H20N6O/c1-21-17(24)22-11-14(7-8-15(22)20-21)16-18-12-19-23(16)10-9-13-5-3-2-4-6-13/h2-6,12,14H,7-11H2,1H3/t14-/m0/s1. The molecule has 0 aliphatic carbocycles. The molecule has 0 N–H and O–H groups in total. The highest BCUT2D eigenvalue weighted by Gasteiger charge is 2.27. The summed E-state index contributed by atoms with van der Waals surface area (Å²) in [7, 11) is 1.70. The average Bonchev–Trinajstić information content (AvgIpc) is 3.19. The molecule has 7 nitrogen and oxygen atoms in total. The monoisotopic (exact) mass is 324 g/mol. The number of hydrogen-bond donors (Lipinski definition) is 0. The minimum Gasteiger partial charge on any atom is -0.278 e. The van der Waals surface area contributed by atoms with Gasteiger partial charge in [-0.3, -0.25) is 4.57 Å². The fraction of sp³-hybridized carbons (Fsp3) is 0.412. The summed E-state index contributed by atoms with van der Waals surface area (Å²) in [6, 6.07) is 10.4. The van der Waals surface area contributed by atoms with E-state index in [1.54, 1.807) is 17.9 Å². The third kappa shape index (κ3) is 2.66. The smallest absolute Gasteiger partial charge is 0.278 e. The summed E-state index contributed by atoms with van der Waals surface area (Å²) in [5.41, 5.74) is 1.23. The van der Waals surface area contributed by atoms with Crippen LogP contribution in [-0.4, -0.2) is 29.1 Å². The Bertz CT molecular complexity index is 891. The molecule has 3 aromatic rings. The summed E-state index contributed by atoms with van der Waals surface area (Å²) in [6.07, 6.45) is 4.27. The van der Waals surface area contributed by atoms with E-state index in [1.165, 1.54) is 10.2 Å². The number of rotatable bonds is 4. The molecule has 1 aliphatic rings. The molecule has 3 heterocycles. The number of benzene rings is 1. The van der Waals surface area contributed by atoms with Crippen LogP contribution in [0.3, 0.4) is 0 Å². The number of hydrogen-bond acceptors (Lipinski definition) is 4. The third-order valence-electron chi connectivity index (χ3n) is 4.67. The molecule has 0 spiro atoms. The Balaban J connectivity index is 1.53. The van der Waals surface area contributed by atoms with Crippen LogP contribution < -0.4 is 5.69 Å². The van der Waals surface area contributed by atoms with Crippen molar-refractivity contribution in [3.63, 3.8) is 0 Å². The summed E-state index contributed by atoms with van der Waals surface area (Å²) in [6.45, 7) is 1.43. The molecule has 0 fully saturated rings. The number of aromatic nitrogens is 6. The van der Waals surface area contributed by atoms with E-state index in [1.807, 2.05) is 10.7 Å². The first-order valence-corrected chi connectivity index (χ1v) is 8.26. The SMILES string of the molecule is Cn1nc2n(c1=O)C[C@@H](c1ncnn1CCc1ccccc1)CC2. The summed E-state index contributed by atoms with van der Waals surface area (Å²) in [5.74, 6) is 2.04. The maximum atomic E-state index is 12.1. The fourth-order valence-electron chi connectivity index (χ4n) is 3.39. The highest BCUT2D eigenvalue weighted by Crippen LogP contribution is 2.25. The molecule has 124 valence electrons. The van der Waals surface area contributed by atoms with Crippen LogP contribution in [0, 0.1) is 0 Å². The summed E-state index contributed by atoms with van der Waals surface area (Å²) >= 11 is 0. The van der Waals surface area contributed by atoms with Gasteiger partial charge in [-0.05, 0) is 18.4 Å². The van der Waals surface area contributed by atoms with Crippen LogP contribution in [-0.2, 0) is 33.0 Å². The first-order chi connectivity index (χ1) is 11.7. The van der Waals surface area contributed by atoms with E-state index >= 15 is 0 Å². The van der Waals surface area contributed by atoms with Gasteiger partial charge in [-0.15, -0.1) is 0 Å². The van der Waals surface area contributed by atoms with Gasteiger partial charge in [-0.2, -0.15) is 10.2 Å². The van der Waals surface area contributed by atoms with E-state index in [9.17, 15) is 4.79 Å². The first kappa shape index (κ1) is 14.9. The van der Waals surface area contributed by atoms with Crippen molar-refractivity contribution < 1.29 is 0 Å². The Morgan fingerprint density at radius 2 is 2.08 bits per heavy atom. The van der Waals surface area contributed by atoms with Gasteiger partial charge < -0.3 is 0 Å². The second kappa shape index (κ2) is 6.07. The minimum absolute atomic E-state index is 0.0509. The zero-order chi connectivity index (χ0) is 16.5. The number of fused-ring (bicyclic) bond motifs is 1. The highest BCUT2D eigenvalue weighted by molar-refractivity contribution is 5.14. The van der Waals surface area contributed by atoms with Crippen LogP contribution in [0.2, 0.25) is 0 Å². The van der Waals surface area contributed by atoms with Crippen LogP contribution in [0.4, 0.5) is 0 Å². The van der Waals surface area contributed by atoms with Gasteiger partial charge >= 0.3 is 5.69 Å². The van der Waals surface area contributed by atoms with Crippen LogP contribution >= 0.6 is 0 Å².